The molecule has 1 aromatic carbocycles. The highest BCUT2D eigenvalue weighted by molar-refractivity contribution is 7.73. The smallest absolute Gasteiger partial charge is 0.273 e. The Morgan fingerprint density at radius 1 is 1.46 bits per heavy atom. The van der Waals surface area contributed by atoms with Crippen molar-refractivity contribution in [3.8, 4) is 0 Å². The van der Waals surface area contributed by atoms with Gasteiger partial charge in [-0.15, -0.1) is 6.58 Å². The highest BCUT2D eigenvalue weighted by atomic mass is 32.1. The molecule has 122 valence electrons. The number of hydrogen-bond donors (Lipinski definition) is 0. The second kappa shape index (κ2) is 6.46. The van der Waals surface area contributed by atoms with Crippen LogP contribution in [0.25, 0.3) is 10.3 Å². The molecule has 0 saturated carbocycles. The number of benzene rings is 1. The van der Waals surface area contributed by atoms with Crippen LogP contribution >= 0.6 is 23.6 Å². The lowest BCUT2D eigenvalue weighted by Gasteiger charge is -2.06. The lowest BCUT2D eigenvalue weighted by Crippen LogP contribution is -2.21. The van der Waals surface area contributed by atoms with E-state index >= 15 is 0 Å². The Bertz CT molecular complexity index is 1060. The third kappa shape index (κ3) is 2.91. The quantitative estimate of drug-likeness (QED) is 0.302. The van der Waals surface area contributed by atoms with Crippen molar-refractivity contribution in [1.82, 2.24) is 14.1 Å². The van der Waals surface area contributed by atoms with Crippen LogP contribution in [0.1, 0.15) is 5.56 Å². The first-order valence-electron chi connectivity index (χ1n) is 6.94. The normalized spacial score (nSPS) is 10.8. The SMILES string of the molecule is C=CCn1c(=S)sc2c(=O)n(Cc3cccc([N+](=O)[O-])c3)cnc21. The maximum absolute atomic E-state index is 12.6. The summed E-state index contributed by atoms with van der Waals surface area (Å²) in [4.78, 5) is 27.3. The fourth-order valence-corrected chi connectivity index (χ4v) is 3.66. The Labute approximate surface area is 145 Å². The first-order valence-corrected chi connectivity index (χ1v) is 8.16. The van der Waals surface area contributed by atoms with E-state index in [2.05, 4.69) is 11.6 Å². The Balaban J connectivity index is 2.05. The van der Waals surface area contributed by atoms with Crippen molar-refractivity contribution in [2.24, 2.45) is 0 Å². The molecule has 0 aliphatic heterocycles. The number of nitro groups is 1. The number of rotatable bonds is 5. The minimum absolute atomic E-state index is 0.0117. The van der Waals surface area contributed by atoms with Crippen LogP contribution in [0, 0.1) is 14.1 Å². The van der Waals surface area contributed by atoms with Gasteiger partial charge in [0.1, 0.15) is 11.0 Å². The maximum atomic E-state index is 12.6. The predicted molar refractivity (Wildman–Crippen MR) is 95.1 cm³/mol. The van der Waals surface area contributed by atoms with E-state index in [0.717, 1.165) is 0 Å². The fraction of sp³-hybridized carbons (Fsp3) is 0.133. The molecule has 9 heteroatoms. The Hall–Kier alpha value is -2.65. The summed E-state index contributed by atoms with van der Waals surface area (Å²) in [6.07, 6.45) is 3.13. The van der Waals surface area contributed by atoms with Crippen molar-refractivity contribution in [3.05, 3.63) is 73.2 Å². The number of allylic oxidation sites excluding steroid dienone is 1. The summed E-state index contributed by atoms with van der Waals surface area (Å²) in [5.41, 5.74) is 0.958. The molecule has 0 atom stereocenters. The molecular weight excluding hydrogens is 348 g/mol. The van der Waals surface area contributed by atoms with Gasteiger partial charge in [-0.05, 0) is 17.8 Å². The molecular formula is C15H12N4O3S2. The molecule has 0 radical (unpaired) electrons. The van der Waals surface area contributed by atoms with Gasteiger partial charge in [-0.1, -0.05) is 29.5 Å². The molecule has 0 amide bonds. The van der Waals surface area contributed by atoms with Crippen LogP contribution < -0.4 is 5.56 Å². The monoisotopic (exact) mass is 360 g/mol. The third-order valence-electron chi connectivity index (χ3n) is 3.43. The molecule has 3 rings (SSSR count). The summed E-state index contributed by atoms with van der Waals surface area (Å²) in [6.45, 7) is 4.36. The van der Waals surface area contributed by atoms with Gasteiger partial charge in [0.15, 0.2) is 9.60 Å². The summed E-state index contributed by atoms with van der Waals surface area (Å²) in [5.74, 6) is 0. The number of fused-ring (bicyclic) bond motifs is 1. The average Bonchev–Trinajstić information content (AvgIpc) is 2.88. The van der Waals surface area contributed by atoms with Crippen LogP contribution in [0.4, 0.5) is 5.69 Å². The molecule has 0 N–H and O–H groups in total. The summed E-state index contributed by atoms with van der Waals surface area (Å²) in [6, 6.07) is 6.18. The van der Waals surface area contributed by atoms with Gasteiger partial charge in [-0.2, -0.15) is 0 Å². The molecule has 2 heterocycles. The summed E-state index contributed by atoms with van der Waals surface area (Å²) in [5, 5.41) is 10.9. The number of hydrogen-bond acceptors (Lipinski definition) is 6. The van der Waals surface area contributed by atoms with Crippen LogP contribution in [-0.2, 0) is 13.1 Å². The van der Waals surface area contributed by atoms with Gasteiger partial charge in [0.05, 0.1) is 11.5 Å². The molecule has 3 aromatic rings. The second-order valence-corrected chi connectivity index (χ2v) is 6.67. The molecule has 0 saturated heterocycles. The van der Waals surface area contributed by atoms with E-state index in [1.165, 1.54) is 34.4 Å². The average molecular weight is 360 g/mol. The minimum Gasteiger partial charge on any atom is -0.304 e. The van der Waals surface area contributed by atoms with E-state index < -0.39 is 4.92 Å². The van der Waals surface area contributed by atoms with E-state index in [1.807, 2.05) is 0 Å². The van der Waals surface area contributed by atoms with Crippen molar-refractivity contribution >= 4 is 39.6 Å². The van der Waals surface area contributed by atoms with Crippen molar-refractivity contribution in [2.45, 2.75) is 13.1 Å². The van der Waals surface area contributed by atoms with Crippen LogP contribution in [0.2, 0.25) is 0 Å². The lowest BCUT2D eigenvalue weighted by atomic mass is 10.2. The van der Waals surface area contributed by atoms with E-state index in [0.29, 0.717) is 26.4 Å². The predicted octanol–water partition coefficient (Wildman–Crippen LogP) is 3.13. The van der Waals surface area contributed by atoms with E-state index in [1.54, 1.807) is 22.8 Å². The second-order valence-electron chi connectivity index (χ2n) is 5.02. The molecule has 2 aromatic heterocycles. The number of aromatic nitrogens is 3. The van der Waals surface area contributed by atoms with Crippen LogP contribution in [0.5, 0.6) is 0 Å². The zero-order valence-electron chi connectivity index (χ0n) is 12.4. The van der Waals surface area contributed by atoms with Crippen molar-refractivity contribution < 1.29 is 4.92 Å². The number of nitro benzene ring substituents is 1. The molecule has 0 unspecified atom stereocenters. The van der Waals surface area contributed by atoms with Crippen LogP contribution in [-0.4, -0.2) is 19.0 Å². The zero-order chi connectivity index (χ0) is 17.3. The van der Waals surface area contributed by atoms with Gasteiger partial charge in [-0.3, -0.25) is 19.5 Å². The fourth-order valence-electron chi connectivity index (χ4n) is 2.34. The zero-order valence-corrected chi connectivity index (χ0v) is 14.0. The van der Waals surface area contributed by atoms with E-state index in [4.69, 9.17) is 12.2 Å². The molecule has 0 aliphatic rings. The highest BCUT2D eigenvalue weighted by Crippen LogP contribution is 2.18. The molecule has 0 fully saturated rings. The van der Waals surface area contributed by atoms with Gasteiger partial charge >= 0.3 is 0 Å². The minimum atomic E-state index is -0.464. The van der Waals surface area contributed by atoms with Gasteiger partial charge in [0.2, 0.25) is 0 Å². The van der Waals surface area contributed by atoms with E-state index in [-0.39, 0.29) is 17.8 Å². The summed E-state index contributed by atoms with van der Waals surface area (Å²) < 4.78 is 4.20. The Morgan fingerprint density at radius 3 is 2.96 bits per heavy atom. The van der Waals surface area contributed by atoms with E-state index in [9.17, 15) is 14.9 Å². The van der Waals surface area contributed by atoms with Crippen LogP contribution in [0.3, 0.4) is 0 Å². The first-order chi connectivity index (χ1) is 11.5. The largest absolute Gasteiger partial charge is 0.304 e. The van der Waals surface area contributed by atoms with Crippen molar-refractivity contribution in [2.75, 3.05) is 0 Å². The molecule has 24 heavy (non-hydrogen) atoms. The topological polar surface area (TPSA) is 83.0 Å². The molecule has 0 bridgehead atoms. The van der Waals surface area contributed by atoms with Crippen molar-refractivity contribution in [1.29, 1.82) is 0 Å². The molecule has 7 nitrogen and oxygen atoms in total. The van der Waals surface area contributed by atoms with Gasteiger partial charge in [0.25, 0.3) is 11.2 Å². The van der Waals surface area contributed by atoms with Gasteiger partial charge < -0.3 is 4.57 Å². The summed E-state index contributed by atoms with van der Waals surface area (Å²) in [7, 11) is 0. The number of nitrogens with zero attached hydrogens (tertiary/aromatic N) is 4. The highest BCUT2D eigenvalue weighted by Gasteiger charge is 2.12. The number of non-ortho nitro benzene ring substituents is 1. The molecule has 0 spiro atoms. The Kier molecular flexibility index (Phi) is 4.36. The standard InChI is InChI=1S/C15H12N4O3S2/c1-2-6-18-13-12(24-15(18)23)14(20)17(9-16-13)8-10-4-3-5-11(7-10)19(21)22/h2-5,7,9H,1,6,8H2. The van der Waals surface area contributed by atoms with Gasteiger partial charge in [0, 0.05) is 18.7 Å². The maximum Gasteiger partial charge on any atom is 0.273 e. The Morgan fingerprint density at radius 2 is 2.25 bits per heavy atom. The van der Waals surface area contributed by atoms with Gasteiger partial charge in [-0.25, -0.2) is 4.98 Å². The first kappa shape index (κ1) is 16.2. The third-order valence-corrected chi connectivity index (χ3v) is 4.86. The number of thiazole rings is 1. The summed E-state index contributed by atoms with van der Waals surface area (Å²) >= 11 is 6.47. The van der Waals surface area contributed by atoms with Crippen molar-refractivity contribution in [3.63, 3.8) is 0 Å². The lowest BCUT2D eigenvalue weighted by molar-refractivity contribution is -0.384. The van der Waals surface area contributed by atoms with Crippen LogP contribution in [0.15, 0.2) is 48.0 Å². The molecule has 0 aliphatic carbocycles.